The van der Waals surface area contributed by atoms with E-state index in [0.29, 0.717) is 4.83 Å². The minimum Gasteiger partial charge on any atom is -0.292 e. The molecule has 0 aliphatic heterocycles. The maximum Gasteiger partial charge on any atom is 0.214 e. The van der Waals surface area contributed by atoms with E-state index >= 15 is 0 Å². The van der Waals surface area contributed by atoms with Gasteiger partial charge in [-0.3, -0.25) is 4.57 Å². The molecule has 202 valence electrons. The van der Waals surface area contributed by atoms with Gasteiger partial charge in [-0.1, -0.05) is 82.3 Å². The normalized spacial score (nSPS) is 12.0. The largest absolute Gasteiger partial charge is 0.292 e. The van der Waals surface area contributed by atoms with E-state index in [2.05, 4.69) is 116 Å². The van der Waals surface area contributed by atoms with E-state index in [1.807, 2.05) is 12.1 Å². The number of rotatable bonds is 5. The van der Waals surface area contributed by atoms with E-state index in [9.17, 15) is 4.39 Å². The molecule has 4 aromatic carbocycles. The van der Waals surface area contributed by atoms with Gasteiger partial charge in [-0.2, -0.15) is 4.39 Å². The van der Waals surface area contributed by atoms with Crippen LogP contribution in [0.15, 0.2) is 97.1 Å². The number of fused-ring (bicyclic) bond motifs is 4. The molecule has 0 aliphatic carbocycles. The number of hydrogen-bond donors (Lipinski definition) is 0. The molecular formula is C36H30FN3S. The van der Waals surface area contributed by atoms with E-state index < -0.39 is 5.95 Å². The molecule has 41 heavy (non-hydrogen) atoms. The van der Waals surface area contributed by atoms with Gasteiger partial charge in [0.25, 0.3) is 0 Å². The van der Waals surface area contributed by atoms with Gasteiger partial charge >= 0.3 is 0 Å². The summed E-state index contributed by atoms with van der Waals surface area (Å²) in [6, 6.07) is 33.3. The summed E-state index contributed by atoms with van der Waals surface area (Å²) in [7, 11) is 0. The van der Waals surface area contributed by atoms with Crippen LogP contribution in [-0.2, 0) is 0 Å². The zero-order chi connectivity index (χ0) is 28.2. The third-order valence-electron chi connectivity index (χ3n) is 7.88. The molecular weight excluding hydrogens is 525 g/mol. The molecule has 0 atom stereocenters. The average Bonchev–Trinajstić information content (AvgIpc) is 3.54. The van der Waals surface area contributed by atoms with E-state index in [4.69, 9.17) is 4.98 Å². The van der Waals surface area contributed by atoms with Gasteiger partial charge in [0, 0.05) is 21.0 Å². The highest BCUT2D eigenvalue weighted by Crippen LogP contribution is 2.43. The van der Waals surface area contributed by atoms with Gasteiger partial charge in [-0.25, -0.2) is 9.97 Å². The van der Waals surface area contributed by atoms with Crippen LogP contribution in [0, 0.1) is 5.95 Å². The van der Waals surface area contributed by atoms with E-state index in [-0.39, 0.29) is 11.8 Å². The lowest BCUT2D eigenvalue weighted by molar-refractivity contribution is 0.590. The van der Waals surface area contributed by atoms with Crippen LogP contribution >= 0.6 is 11.3 Å². The molecule has 0 fully saturated rings. The maximum absolute atomic E-state index is 14.1. The molecule has 0 N–H and O–H groups in total. The number of halogens is 1. The second-order valence-corrected chi connectivity index (χ2v) is 12.2. The maximum atomic E-state index is 14.1. The minimum atomic E-state index is -0.459. The fraction of sp³-hybridized carbons (Fsp3) is 0.167. The van der Waals surface area contributed by atoms with Crippen LogP contribution in [0.2, 0.25) is 0 Å². The zero-order valence-corrected chi connectivity index (χ0v) is 24.3. The monoisotopic (exact) mass is 555 g/mol. The predicted molar refractivity (Wildman–Crippen MR) is 171 cm³/mol. The highest BCUT2D eigenvalue weighted by atomic mass is 32.1. The highest BCUT2D eigenvalue weighted by Gasteiger charge is 2.25. The lowest BCUT2D eigenvalue weighted by Gasteiger charge is -2.24. The Morgan fingerprint density at radius 1 is 0.683 bits per heavy atom. The summed E-state index contributed by atoms with van der Waals surface area (Å²) in [4.78, 5) is 10.2. The number of benzene rings is 4. The van der Waals surface area contributed by atoms with Crippen molar-refractivity contribution in [3.05, 3.63) is 114 Å². The number of para-hydroxylation sites is 2. The molecule has 0 radical (unpaired) electrons. The van der Waals surface area contributed by atoms with Crippen molar-refractivity contribution in [2.45, 2.75) is 39.5 Å². The van der Waals surface area contributed by atoms with Gasteiger partial charge in [0.1, 0.15) is 10.7 Å². The average molecular weight is 556 g/mol. The topological polar surface area (TPSA) is 30.7 Å². The predicted octanol–water partition coefficient (Wildman–Crippen LogP) is 10.5. The van der Waals surface area contributed by atoms with Crippen molar-refractivity contribution in [2.24, 2.45) is 0 Å². The summed E-state index contributed by atoms with van der Waals surface area (Å²) in [6.45, 7) is 9.07. The quantitative estimate of drug-likeness (QED) is 0.198. The van der Waals surface area contributed by atoms with Crippen molar-refractivity contribution in [1.82, 2.24) is 14.5 Å². The first kappa shape index (κ1) is 25.6. The molecule has 5 heteroatoms. The summed E-state index contributed by atoms with van der Waals surface area (Å²) in [6.07, 6.45) is 0. The molecule has 0 saturated carbocycles. The number of hydrogen-bond acceptors (Lipinski definition) is 3. The van der Waals surface area contributed by atoms with Gasteiger partial charge in [-0.05, 0) is 76.6 Å². The number of thiophene rings is 1. The first-order valence-corrected chi connectivity index (χ1v) is 14.9. The fourth-order valence-electron chi connectivity index (χ4n) is 5.88. The van der Waals surface area contributed by atoms with Crippen molar-refractivity contribution >= 4 is 42.7 Å². The van der Waals surface area contributed by atoms with E-state index in [0.717, 1.165) is 37.9 Å². The molecule has 7 aromatic rings. The molecule has 0 saturated heterocycles. The Morgan fingerprint density at radius 3 is 2.12 bits per heavy atom. The van der Waals surface area contributed by atoms with Crippen molar-refractivity contribution in [2.75, 3.05) is 0 Å². The van der Waals surface area contributed by atoms with Crippen LogP contribution in [0.4, 0.5) is 4.39 Å². The van der Waals surface area contributed by atoms with Crippen LogP contribution in [0.5, 0.6) is 0 Å². The molecule has 0 unspecified atom stereocenters. The van der Waals surface area contributed by atoms with Gasteiger partial charge in [0.2, 0.25) is 5.95 Å². The molecule has 0 amide bonds. The third-order valence-corrected chi connectivity index (χ3v) is 9.02. The summed E-state index contributed by atoms with van der Waals surface area (Å²) in [5.41, 5.74) is 9.25. The number of aromatic nitrogens is 3. The smallest absolute Gasteiger partial charge is 0.214 e. The summed E-state index contributed by atoms with van der Waals surface area (Å²) >= 11 is 1.53. The lowest BCUT2D eigenvalue weighted by atomic mass is 9.88. The van der Waals surface area contributed by atoms with Crippen molar-refractivity contribution in [3.8, 4) is 28.2 Å². The molecule has 3 aromatic heterocycles. The summed E-state index contributed by atoms with van der Waals surface area (Å²) < 4.78 is 17.5. The van der Waals surface area contributed by atoms with Gasteiger partial charge in [0.05, 0.1) is 16.7 Å². The van der Waals surface area contributed by atoms with Crippen LogP contribution in [0.3, 0.4) is 0 Å². The first-order valence-electron chi connectivity index (χ1n) is 14.1. The van der Waals surface area contributed by atoms with Gasteiger partial charge in [0.15, 0.2) is 0 Å². The Hall–Kier alpha value is -4.35. The Kier molecular flexibility index (Phi) is 6.20. The first-order chi connectivity index (χ1) is 19.9. The summed E-state index contributed by atoms with van der Waals surface area (Å²) in [5, 5.41) is 2.04. The Morgan fingerprint density at radius 2 is 1.39 bits per heavy atom. The standard InChI is InChI=1S/C36H30FN3S/c1-21(2)28-19-24(23-11-6-5-7-12-23)20-29(22(3)4)33(28)40-31-16-9-8-15-30(31)38-35(40)27-14-10-13-25-26-17-18-32(37)39-36(26)41-34(25)27/h5-22H,1-4H3. The fourth-order valence-corrected chi connectivity index (χ4v) is 7.05. The Labute approximate surface area is 243 Å². The van der Waals surface area contributed by atoms with E-state index in [1.165, 1.54) is 45.3 Å². The van der Waals surface area contributed by atoms with Crippen LogP contribution in [0.1, 0.15) is 50.7 Å². The number of pyridine rings is 1. The number of imidazole rings is 1. The third kappa shape index (κ3) is 4.23. The minimum absolute atomic E-state index is 0.285. The highest BCUT2D eigenvalue weighted by molar-refractivity contribution is 7.26. The van der Waals surface area contributed by atoms with Crippen molar-refractivity contribution < 1.29 is 4.39 Å². The Bertz CT molecular complexity index is 2040. The van der Waals surface area contributed by atoms with Crippen LogP contribution in [-0.4, -0.2) is 14.5 Å². The van der Waals surface area contributed by atoms with Gasteiger partial charge in [-0.15, -0.1) is 11.3 Å². The summed E-state index contributed by atoms with van der Waals surface area (Å²) in [5.74, 6) is 1.000. The molecule has 7 rings (SSSR count). The zero-order valence-electron chi connectivity index (χ0n) is 23.5. The lowest BCUT2D eigenvalue weighted by Crippen LogP contribution is -2.09. The molecule has 3 heterocycles. The second-order valence-electron chi connectivity index (χ2n) is 11.2. The molecule has 0 aliphatic rings. The second kappa shape index (κ2) is 9.93. The molecule has 0 spiro atoms. The number of nitrogens with zero attached hydrogens (tertiary/aromatic N) is 3. The molecule has 0 bridgehead atoms. The van der Waals surface area contributed by atoms with Crippen molar-refractivity contribution in [3.63, 3.8) is 0 Å². The SMILES string of the molecule is CC(C)c1cc(-c2ccccc2)cc(C(C)C)c1-n1c(-c2cccc3c2sc2nc(F)ccc23)nc2ccccc21. The van der Waals surface area contributed by atoms with Crippen LogP contribution in [0.25, 0.3) is 59.5 Å². The van der Waals surface area contributed by atoms with E-state index in [1.54, 1.807) is 0 Å². The molecule has 3 nitrogen and oxygen atoms in total. The van der Waals surface area contributed by atoms with Gasteiger partial charge < -0.3 is 0 Å². The van der Waals surface area contributed by atoms with Crippen molar-refractivity contribution in [1.29, 1.82) is 0 Å². The van der Waals surface area contributed by atoms with Crippen LogP contribution < -0.4 is 0 Å². The Balaban J connectivity index is 1.59.